The number of esters is 1. The first-order valence-electron chi connectivity index (χ1n) is 5.08. The van der Waals surface area contributed by atoms with Crippen LogP contribution in [0.25, 0.3) is 0 Å². The van der Waals surface area contributed by atoms with E-state index in [1.807, 2.05) is 0 Å². The second kappa shape index (κ2) is 5.06. The summed E-state index contributed by atoms with van der Waals surface area (Å²) in [5, 5.41) is 8.86. The van der Waals surface area contributed by atoms with Gasteiger partial charge in [0.15, 0.2) is 5.82 Å². The van der Waals surface area contributed by atoms with Gasteiger partial charge in [0.2, 0.25) is 0 Å². The van der Waals surface area contributed by atoms with Crippen LogP contribution >= 0.6 is 15.9 Å². The zero-order chi connectivity index (χ0) is 14.1. The van der Waals surface area contributed by atoms with Crippen molar-refractivity contribution in [1.82, 2.24) is 0 Å². The zero-order valence-corrected chi connectivity index (χ0v) is 11.7. The van der Waals surface area contributed by atoms with Gasteiger partial charge in [-0.1, -0.05) is 0 Å². The third-order valence-corrected chi connectivity index (χ3v) is 2.58. The van der Waals surface area contributed by atoms with E-state index in [1.165, 1.54) is 12.1 Å². The quantitative estimate of drug-likeness (QED) is 0.850. The van der Waals surface area contributed by atoms with Crippen LogP contribution < -0.4 is 0 Å². The molecule has 0 aliphatic rings. The van der Waals surface area contributed by atoms with Crippen molar-refractivity contribution in [3.8, 4) is 0 Å². The number of benzene rings is 1. The summed E-state index contributed by atoms with van der Waals surface area (Å²) >= 11 is 2.92. The molecular weight excluding hydrogens is 307 g/mol. The standard InChI is InChI=1S/C12H12BrFO4/c1-12(2,3)18-11(17)6-4-5-7(13)8(9(6)14)10(15)16/h4-5H,1-3H3,(H,15,16). The first-order valence-corrected chi connectivity index (χ1v) is 5.87. The summed E-state index contributed by atoms with van der Waals surface area (Å²) in [5.41, 5.74) is -1.76. The highest BCUT2D eigenvalue weighted by Gasteiger charge is 2.25. The maximum absolute atomic E-state index is 13.9. The van der Waals surface area contributed by atoms with E-state index in [-0.39, 0.29) is 4.47 Å². The molecule has 0 saturated heterocycles. The van der Waals surface area contributed by atoms with Gasteiger partial charge in [-0.25, -0.2) is 14.0 Å². The van der Waals surface area contributed by atoms with Crippen molar-refractivity contribution in [3.05, 3.63) is 33.5 Å². The zero-order valence-electron chi connectivity index (χ0n) is 10.1. The molecule has 0 unspecified atom stereocenters. The normalized spacial score (nSPS) is 11.2. The first kappa shape index (κ1) is 14.6. The summed E-state index contributed by atoms with van der Waals surface area (Å²) in [5.74, 6) is -3.45. The van der Waals surface area contributed by atoms with E-state index < -0.39 is 34.5 Å². The first-order chi connectivity index (χ1) is 8.13. The van der Waals surface area contributed by atoms with Crippen molar-refractivity contribution in [1.29, 1.82) is 0 Å². The molecule has 98 valence electrons. The fourth-order valence-electron chi connectivity index (χ4n) is 1.24. The Morgan fingerprint density at radius 2 is 1.89 bits per heavy atom. The van der Waals surface area contributed by atoms with Crippen molar-refractivity contribution < 1.29 is 23.8 Å². The summed E-state index contributed by atoms with van der Waals surface area (Å²) in [4.78, 5) is 22.6. The van der Waals surface area contributed by atoms with Gasteiger partial charge in [0, 0.05) is 4.47 Å². The molecule has 0 aliphatic heterocycles. The van der Waals surface area contributed by atoms with E-state index in [1.54, 1.807) is 20.8 Å². The highest BCUT2D eigenvalue weighted by Crippen LogP contribution is 2.24. The fourth-order valence-corrected chi connectivity index (χ4v) is 1.72. The second-order valence-corrected chi connectivity index (χ2v) is 5.45. The minimum Gasteiger partial charge on any atom is -0.478 e. The Labute approximate surface area is 112 Å². The molecule has 0 saturated carbocycles. The molecule has 18 heavy (non-hydrogen) atoms. The van der Waals surface area contributed by atoms with Gasteiger partial charge in [0.25, 0.3) is 0 Å². The molecule has 0 atom stereocenters. The smallest absolute Gasteiger partial charge is 0.341 e. The van der Waals surface area contributed by atoms with E-state index in [4.69, 9.17) is 9.84 Å². The number of aromatic carboxylic acids is 1. The summed E-state index contributed by atoms with van der Waals surface area (Å²) in [6, 6.07) is 2.48. The minimum absolute atomic E-state index is 0.0693. The van der Waals surface area contributed by atoms with Crippen LogP contribution in [0, 0.1) is 5.82 Å². The number of halogens is 2. The third-order valence-electron chi connectivity index (χ3n) is 1.92. The second-order valence-electron chi connectivity index (χ2n) is 4.59. The Kier molecular flexibility index (Phi) is 4.11. The van der Waals surface area contributed by atoms with E-state index in [0.717, 1.165) is 0 Å². The molecule has 0 radical (unpaired) electrons. The lowest BCUT2D eigenvalue weighted by Crippen LogP contribution is -2.25. The minimum atomic E-state index is -1.45. The molecule has 0 aromatic heterocycles. The van der Waals surface area contributed by atoms with E-state index in [0.29, 0.717) is 0 Å². The van der Waals surface area contributed by atoms with Crippen LogP contribution in [-0.4, -0.2) is 22.6 Å². The Balaban J connectivity index is 3.24. The van der Waals surface area contributed by atoms with Crippen LogP contribution in [0.4, 0.5) is 4.39 Å². The Hall–Kier alpha value is -1.43. The van der Waals surface area contributed by atoms with Crippen molar-refractivity contribution in [3.63, 3.8) is 0 Å². The van der Waals surface area contributed by atoms with Crippen LogP contribution in [-0.2, 0) is 4.74 Å². The molecule has 6 heteroatoms. The van der Waals surface area contributed by atoms with Gasteiger partial charge in [0.1, 0.15) is 11.2 Å². The number of carbonyl (C=O) groups excluding carboxylic acids is 1. The molecule has 0 amide bonds. The van der Waals surface area contributed by atoms with Crippen molar-refractivity contribution in [2.45, 2.75) is 26.4 Å². The average Bonchev–Trinajstić information content (AvgIpc) is 2.13. The molecule has 0 bridgehead atoms. The average molecular weight is 319 g/mol. The van der Waals surface area contributed by atoms with Gasteiger partial charge in [0.05, 0.1) is 5.56 Å². The van der Waals surface area contributed by atoms with Crippen LogP contribution in [0.1, 0.15) is 41.5 Å². The molecule has 1 aromatic rings. The molecule has 1 N–H and O–H groups in total. The number of carboxylic acid groups (broad SMARTS) is 1. The lowest BCUT2D eigenvalue weighted by molar-refractivity contribution is 0.00646. The lowest BCUT2D eigenvalue weighted by Gasteiger charge is -2.19. The van der Waals surface area contributed by atoms with E-state index in [9.17, 15) is 14.0 Å². The maximum atomic E-state index is 13.9. The number of carboxylic acids is 1. The van der Waals surface area contributed by atoms with Gasteiger partial charge in [-0.05, 0) is 48.8 Å². The topological polar surface area (TPSA) is 63.6 Å². The Morgan fingerprint density at radius 3 is 2.33 bits per heavy atom. The third kappa shape index (κ3) is 3.29. The van der Waals surface area contributed by atoms with Gasteiger partial charge < -0.3 is 9.84 Å². The monoisotopic (exact) mass is 318 g/mol. The van der Waals surface area contributed by atoms with Gasteiger partial charge in [-0.15, -0.1) is 0 Å². The predicted octanol–water partition coefficient (Wildman–Crippen LogP) is 3.24. The highest BCUT2D eigenvalue weighted by atomic mass is 79.9. The van der Waals surface area contributed by atoms with Gasteiger partial charge >= 0.3 is 11.9 Å². The number of ether oxygens (including phenoxy) is 1. The summed E-state index contributed by atoms with van der Waals surface area (Å²) < 4.78 is 19.0. The number of hydrogen-bond donors (Lipinski definition) is 1. The number of rotatable bonds is 2. The summed E-state index contributed by atoms with van der Waals surface area (Å²) in [6.45, 7) is 4.92. The van der Waals surface area contributed by atoms with E-state index in [2.05, 4.69) is 15.9 Å². The predicted molar refractivity (Wildman–Crippen MR) is 66.2 cm³/mol. The SMILES string of the molecule is CC(C)(C)OC(=O)c1ccc(Br)c(C(=O)O)c1F. The lowest BCUT2D eigenvalue weighted by atomic mass is 10.1. The van der Waals surface area contributed by atoms with Gasteiger partial charge in [-0.3, -0.25) is 0 Å². The van der Waals surface area contributed by atoms with Crippen LogP contribution in [0.15, 0.2) is 16.6 Å². The van der Waals surface area contributed by atoms with Crippen LogP contribution in [0.3, 0.4) is 0 Å². The summed E-state index contributed by atoms with van der Waals surface area (Å²) in [7, 11) is 0. The highest BCUT2D eigenvalue weighted by molar-refractivity contribution is 9.10. The van der Waals surface area contributed by atoms with Gasteiger partial charge in [-0.2, -0.15) is 0 Å². The summed E-state index contributed by atoms with van der Waals surface area (Å²) in [6.07, 6.45) is 0. The molecule has 0 heterocycles. The Morgan fingerprint density at radius 1 is 1.33 bits per heavy atom. The molecule has 0 aliphatic carbocycles. The fraction of sp³-hybridized carbons (Fsp3) is 0.333. The molecule has 1 rings (SSSR count). The molecule has 1 aromatic carbocycles. The number of hydrogen-bond acceptors (Lipinski definition) is 3. The van der Waals surface area contributed by atoms with Crippen molar-refractivity contribution in [2.75, 3.05) is 0 Å². The molecule has 4 nitrogen and oxygen atoms in total. The molecule has 0 fully saturated rings. The number of carbonyl (C=O) groups is 2. The molecule has 0 spiro atoms. The molecular formula is C12H12BrFO4. The Bertz CT molecular complexity index is 506. The largest absolute Gasteiger partial charge is 0.478 e. The van der Waals surface area contributed by atoms with Crippen LogP contribution in [0.5, 0.6) is 0 Å². The maximum Gasteiger partial charge on any atom is 0.341 e. The van der Waals surface area contributed by atoms with Crippen molar-refractivity contribution >= 4 is 27.9 Å². The van der Waals surface area contributed by atoms with Crippen molar-refractivity contribution in [2.24, 2.45) is 0 Å². The van der Waals surface area contributed by atoms with E-state index >= 15 is 0 Å². The van der Waals surface area contributed by atoms with Crippen LogP contribution in [0.2, 0.25) is 0 Å².